The molecule has 2 aliphatic heterocycles. The normalized spacial score (nSPS) is 18.3. The van der Waals surface area contributed by atoms with Crippen molar-refractivity contribution >= 4 is 23.2 Å². The Kier molecular flexibility index (Phi) is 4.23. The predicted molar refractivity (Wildman–Crippen MR) is 104 cm³/mol. The molecule has 5 rings (SSSR count). The molecule has 28 heavy (non-hydrogen) atoms. The molecule has 1 N–H and O–H groups in total. The fourth-order valence-corrected chi connectivity index (χ4v) is 4.23. The van der Waals surface area contributed by atoms with Crippen LogP contribution in [0.3, 0.4) is 0 Å². The Morgan fingerprint density at radius 2 is 1.79 bits per heavy atom. The number of anilines is 1. The lowest BCUT2D eigenvalue weighted by atomic mass is 10.1. The molecule has 0 aromatic heterocycles. The molecule has 2 aromatic carbocycles. The minimum Gasteiger partial charge on any atom is -0.486 e. The molecule has 3 aliphatic rings. The van der Waals surface area contributed by atoms with Crippen LogP contribution in [0.15, 0.2) is 30.3 Å². The summed E-state index contributed by atoms with van der Waals surface area (Å²) in [6.45, 7) is 0.940. The fraction of sp³-hybridized carbons (Fsp3) is 0.381. The molecule has 0 unspecified atom stereocenters. The number of ether oxygens (including phenoxy) is 4. The van der Waals surface area contributed by atoms with E-state index in [4.69, 9.17) is 30.5 Å². The maximum Gasteiger partial charge on any atom is 0.251 e. The van der Waals surface area contributed by atoms with Crippen molar-refractivity contribution in [1.29, 1.82) is 0 Å². The number of fused-ring (bicyclic) bond motifs is 2. The number of carbonyl (C=O) groups is 1. The molecule has 6 nitrogen and oxygen atoms in total. The highest BCUT2D eigenvalue weighted by Gasteiger charge is 2.44. The smallest absolute Gasteiger partial charge is 0.251 e. The van der Waals surface area contributed by atoms with Gasteiger partial charge in [0.25, 0.3) is 5.79 Å². The van der Waals surface area contributed by atoms with E-state index >= 15 is 0 Å². The summed E-state index contributed by atoms with van der Waals surface area (Å²) in [5.41, 5.74) is 1.43. The molecule has 0 bridgehead atoms. The van der Waals surface area contributed by atoms with Gasteiger partial charge in [-0.05, 0) is 42.7 Å². The van der Waals surface area contributed by atoms with Crippen LogP contribution in [0.4, 0.5) is 5.69 Å². The van der Waals surface area contributed by atoms with E-state index in [2.05, 4.69) is 5.32 Å². The zero-order chi connectivity index (χ0) is 19.1. The summed E-state index contributed by atoms with van der Waals surface area (Å²) in [5.74, 6) is 1.87. The second-order valence-corrected chi connectivity index (χ2v) is 7.72. The number of halogens is 1. The minimum absolute atomic E-state index is 0.151. The summed E-state index contributed by atoms with van der Waals surface area (Å²) >= 11 is 6.25. The van der Waals surface area contributed by atoms with Crippen molar-refractivity contribution in [3.63, 3.8) is 0 Å². The first kappa shape index (κ1) is 17.5. The average molecular weight is 402 g/mol. The number of hydrogen-bond acceptors (Lipinski definition) is 5. The molecule has 1 saturated carbocycles. The first-order chi connectivity index (χ1) is 13.6. The summed E-state index contributed by atoms with van der Waals surface area (Å²) in [6.07, 6.45) is 4.18. The third-order valence-electron chi connectivity index (χ3n) is 5.21. The number of hydrogen-bond donors (Lipinski definition) is 1. The molecular weight excluding hydrogens is 382 g/mol. The molecule has 7 heteroatoms. The largest absolute Gasteiger partial charge is 0.486 e. The van der Waals surface area contributed by atoms with Crippen LogP contribution in [0.1, 0.15) is 31.2 Å². The molecule has 1 amide bonds. The molecule has 2 heterocycles. The van der Waals surface area contributed by atoms with Gasteiger partial charge in [0.1, 0.15) is 13.2 Å². The molecule has 1 spiro atoms. The number of carbonyl (C=O) groups excluding carboxylic acids is 1. The highest BCUT2D eigenvalue weighted by atomic mass is 35.5. The van der Waals surface area contributed by atoms with Crippen LogP contribution < -0.4 is 24.3 Å². The van der Waals surface area contributed by atoms with Crippen LogP contribution in [0.2, 0.25) is 5.02 Å². The number of rotatable bonds is 3. The van der Waals surface area contributed by atoms with Crippen LogP contribution >= 0.6 is 11.6 Å². The van der Waals surface area contributed by atoms with Crippen molar-refractivity contribution < 1.29 is 23.7 Å². The van der Waals surface area contributed by atoms with Gasteiger partial charge in [-0.25, -0.2) is 0 Å². The zero-order valence-corrected chi connectivity index (χ0v) is 16.0. The van der Waals surface area contributed by atoms with E-state index in [0.29, 0.717) is 41.2 Å². The van der Waals surface area contributed by atoms with Gasteiger partial charge in [0.05, 0.1) is 11.4 Å². The summed E-state index contributed by atoms with van der Waals surface area (Å²) in [4.78, 5) is 12.5. The summed E-state index contributed by atoms with van der Waals surface area (Å²) < 4.78 is 23.1. The highest BCUT2D eigenvalue weighted by molar-refractivity contribution is 6.32. The van der Waals surface area contributed by atoms with Crippen molar-refractivity contribution in [1.82, 2.24) is 0 Å². The Morgan fingerprint density at radius 1 is 1.00 bits per heavy atom. The Hall–Kier alpha value is -2.60. The van der Waals surface area contributed by atoms with E-state index in [9.17, 15) is 4.79 Å². The van der Waals surface area contributed by atoms with Crippen molar-refractivity contribution in [2.24, 2.45) is 0 Å². The predicted octanol–water partition coefficient (Wildman–Crippen LogP) is 4.33. The Balaban J connectivity index is 1.28. The Labute approximate surface area is 167 Å². The van der Waals surface area contributed by atoms with Gasteiger partial charge in [-0.2, -0.15) is 0 Å². The average Bonchev–Trinajstić information content (AvgIpc) is 3.27. The molecule has 0 saturated heterocycles. The maximum atomic E-state index is 12.5. The highest BCUT2D eigenvalue weighted by Crippen LogP contribution is 2.47. The van der Waals surface area contributed by atoms with Gasteiger partial charge in [-0.3, -0.25) is 4.79 Å². The first-order valence-corrected chi connectivity index (χ1v) is 9.88. The quantitative estimate of drug-likeness (QED) is 0.829. The Bertz CT molecular complexity index is 939. The van der Waals surface area contributed by atoms with Crippen LogP contribution in [0.5, 0.6) is 23.0 Å². The lowest BCUT2D eigenvalue weighted by Gasteiger charge is -2.21. The van der Waals surface area contributed by atoms with Gasteiger partial charge in [0, 0.05) is 24.6 Å². The van der Waals surface area contributed by atoms with Crippen LogP contribution in [-0.2, 0) is 11.2 Å². The topological polar surface area (TPSA) is 66.0 Å². The Morgan fingerprint density at radius 3 is 2.64 bits per heavy atom. The molecule has 0 atom stereocenters. The lowest BCUT2D eigenvalue weighted by Crippen LogP contribution is -2.34. The number of amides is 1. The second-order valence-electron chi connectivity index (χ2n) is 7.31. The molecule has 0 radical (unpaired) electrons. The standard InChI is InChI=1S/C21H20ClNO5/c22-15-9-13(10-18-20(15)26-8-7-25-18)11-19(24)23-14-3-4-16-17(12-14)28-21(27-16)5-1-2-6-21/h3-4,9-10,12H,1-2,5-8,11H2,(H,23,24). The second kappa shape index (κ2) is 6.78. The SMILES string of the molecule is O=C(Cc1cc(Cl)c2c(c1)OCCO2)Nc1ccc2c(c1)OC1(CCCC1)O2. The van der Waals surface area contributed by atoms with Gasteiger partial charge >= 0.3 is 0 Å². The van der Waals surface area contributed by atoms with Crippen molar-refractivity contribution in [2.45, 2.75) is 37.9 Å². The van der Waals surface area contributed by atoms with Gasteiger partial charge in [-0.1, -0.05) is 11.6 Å². The number of nitrogens with one attached hydrogen (secondary N) is 1. The molecule has 2 aromatic rings. The van der Waals surface area contributed by atoms with Crippen LogP contribution in [0.25, 0.3) is 0 Å². The molecule has 146 valence electrons. The van der Waals surface area contributed by atoms with E-state index in [0.717, 1.165) is 37.0 Å². The molecule has 1 fully saturated rings. The van der Waals surface area contributed by atoms with Gasteiger partial charge in [-0.15, -0.1) is 0 Å². The van der Waals surface area contributed by atoms with E-state index < -0.39 is 5.79 Å². The summed E-state index contributed by atoms with van der Waals surface area (Å²) in [6, 6.07) is 9.02. The fourth-order valence-electron chi connectivity index (χ4n) is 3.95. The number of benzene rings is 2. The molecule has 1 aliphatic carbocycles. The van der Waals surface area contributed by atoms with E-state index in [1.54, 1.807) is 12.1 Å². The van der Waals surface area contributed by atoms with Gasteiger partial charge < -0.3 is 24.3 Å². The lowest BCUT2D eigenvalue weighted by molar-refractivity contribution is -0.115. The summed E-state index contributed by atoms with van der Waals surface area (Å²) in [7, 11) is 0. The van der Waals surface area contributed by atoms with Crippen molar-refractivity contribution in [3.05, 3.63) is 40.9 Å². The minimum atomic E-state index is -0.507. The first-order valence-electron chi connectivity index (χ1n) is 9.50. The monoisotopic (exact) mass is 401 g/mol. The van der Waals surface area contributed by atoms with Crippen LogP contribution in [-0.4, -0.2) is 24.9 Å². The van der Waals surface area contributed by atoms with E-state index in [1.165, 1.54) is 0 Å². The van der Waals surface area contributed by atoms with E-state index in [1.807, 2.05) is 18.2 Å². The van der Waals surface area contributed by atoms with Crippen molar-refractivity contribution in [3.8, 4) is 23.0 Å². The van der Waals surface area contributed by atoms with E-state index in [-0.39, 0.29) is 12.3 Å². The van der Waals surface area contributed by atoms with Crippen molar-refractivity contribution in [2.75, 3.05) is 18.5 Å². The van der Waals surface area contributed by atoms with Gasteiger partial charge in [0.15, 0.2) is 23.0 Å². The third-order valence-corrected chi connectivity index (χ3v) is 5.49. The maximum absolute atomic E-state index is 12.5. The molecular formula is C21H20ClNO5. The summed E-state index contributed by atoms with van der Waals surface area (Å²) in [5, 5.41) is 3.36. The third kappa shape index (κ3) is 3.22. The van der Waals surface area contributed by atoms with Gasteiger partial charge in [0.2, 0.25) is 5.91 Å². The van der Waals surface area contributed by atoms with Crippen LogP contribution in [0, 0.1) is 0 Å². The zero-order valence-electron chi connectivity index (χ0n) is 15.3.